The molecule has 5 nitrogen and oxygen atoms in total. The Hall–Kier alpha value is -1.62. The van der Waals surface area contributed by atoms with Crippen molar-refractivity contribution in [3.8, 4) is 0 Å². The van der Waals surface area contributed by atoms with Gasteiger partial charge < -0.3 is 5.11 Å². The molecule has 106 valence electrons. The van der Waals surface area contributed by atoms with Gasteiger partial charge in [-0.25, -0.2) is 5.06 Å². The summed E-state index contributed by atoms with van der Waals surface area (Å²) in [6, 6.07) is 0. The van der Waals surface area contributed by atoms with Crippen molar-refractivity contribution in [2.24, 2.45) is 0 Å². The molecule has 0 heterocycles. The average molecular weight is 267 g/mol. The van der Waals surface area contributed by atoms with Crippen molar-refractivity contribution in [3.63, 3.8) is 0 Å². The van der Waals surface area contributed by atoms with E-state index in [1.54, 1.807) is 0 Å². The van der Waals surface area contributed by atoms with Crippen LogP contribution in [0.3, 0.4) is 0 Å². The highest BCUT2D eigenvalue weighted by atomic mass is 16.7. The van der Waals surface area contributed by atoms with Crippen molar-refractivity contribution in [2.45, 2.75) is 45.6 Å². The third-order valence-electron chi connectivity index (χ3n) is 2.62. The van der Waals surface area contributed by atoms with Crippen molar-refractivity contribution in [1.29, 1.82) is 0 Å². The van der Waals surface area contributed by atoms with Gasteiger partial charge in [-0.2, -0.15) is 0 Å². The molecule has 0 saturated carbocycles. The van der Waals surface area contributed by atoms with Crippen LogP contribution in [0.25, 0.3) is 0 Å². The van der Waals surface area contributed by atoms with Gasteiger partial charge in [-0.05, 0) is 39.2 Å². The lowest BCUT2D eigenvalue weighted by Gasteiger charge is -2.28. The fourth-order valence-corrected chi connectivity index (χ4v) is 1.93. The number of hydrogen-bond donors (Lipinski definition) is 1. The van der Waals surface area contributed by atoms with Gasteiger partial charge >= 0.3 is 5.97 Å². The maximum absolute atomic E-state index is 11.0. The van der Waals surface area contributed by atoms with Crippen LogP contribution >= 0.6 is 0 Å². The summed E-state index contributed by atoms with van der Waals surface area (Å²) in [5.74, 6) is -0.850. The average Bonchev–Trinajstić information content (AvgIpc) is 2.28. The van der Waals surface area contributed by atoms with Gasteiger partial charge in [-0.3, -0.25) is 14.4 Å². The lowest BCUT2D eigenvalue weighted by Crippen LogP contribution is -2.34. The van der Waals surface area contributed by atoms with E-state index in [1.165, 1.54) is 5.06 Å². The van der Waals surface area contributed by atoms with Gasteiger partial charge in [-0.15, -0.1) is 0 Å². The monoisotopic (exact) mass is 267 g/mol. The fourth-order valence-electron chi connectivity index (χ4n) is 1.93. The molecule has 0 aromatic carbocycles. The molecular formula is C14H21NO4. The maximum Gasteiger partial charge on any atom is 0.307 e. The predicted molar refractivity (Wildman–Crippen MR) is 71.3 cm³/mol. The van der Waals surface area contributed by atoms with E-state index in [-0.39, 0.29) is 6.42 Å². The molecule has 0 unspecified atom stereocenters. The van der Waals surface area contributed by atoms with Gasteiger partial charge in [0.25, 0.3) is 0 Å². The van der Waals surface area contributed by atoms with E-state index >= 15 is 0 Å². The zero-order chi connectivity index (χ0) is 14.5. The van der Waals surface area contributed by atoms with Crippen molar-refractivity contribution in [1.82, 2.24) is 5.06 Å². The van der Waals surface area contributed by atoms with Crippen LogP contribution in [0.4, 0.5) is 0 Å². The Kier molecular flexibility index (Phi) is 5.30. The summed E-state index contributed by atoms with van der Waals surface area (Å²) in [4.78, 5) is 27.4. The lowest BCUT2D eigenvalue weighted by atomic mass is 9.94. The summed E-state index contributed by atoms with van der Waals surface area (Å²) in [5.41, 5.74) is 1.35. The zero-order valence-corrected chi connectivity index (χ0v) is 11.7. The molecule has 0 aromatic rings. The first-order chi connectivity index (χ1) is 8.81. The van der Waals surface area contributed by atoms with Gasteiger partial charge in [0.15, 0.2) is 0 Å². The highest BCUT2D eigenvalue weighted by Crippen LogP contribution is 2.24. The Morgan fingerprint density at radius 1 is 1.37 bits per heavy atom. The molecule has 1 rings (SSSR count). The Balaban J connectivity index is 2.77. The smallest absolute Gasteiger partial charge is 0.307 e. The molecule has 1 aliphatic rings. The number of allylic oxidation sites excluding steroid dienone is 2. The van der Waals surface area contributed by atoms with Crippen LogP contribution in [0.15, 0.2) is 23.3 Å². The summed E-state index contributed by atoms with van der Waals surface area (Å²) >= 11 is 0. The number of carbonyl (C=O) groups is 2. The lowest BCUT2D eigenvalue weighted by molar-refractivity contribution is -0.212. The van der Waals surface area contributed by atoms with Crippen LogP contribution in [-0.4, -0.2) is 34.7 Å². The topological polar surface area (TPSA) is 66.8 Å². The number of rotatable bonds is 6. The molecule has 0 saturated heterocycles. The summed E-state index contributed by atoms with van der Waals surface area (Å²) in [7, 11) is 0. The van der Waals surface area contributed by atoms with E-state index in [9.17, 15) is 9.59 Å². The van der Waals surface area contributed by atoms with Crippen LogP contribution < -0.4 is 0 Å². The number of nitrogens with zero attached hydrogens (tertiary/aromatic N) is 1. The van der Waals surface area contributed by atoms with Crippen LogP contribution in [-0.2, 0) is 14.4 Å². The van der Waals surface area contributed by atoms with Crippen LogP contribution in [0.2, 0.25) is 0 Å². The maximum atomic E-state index is 11.0. The minimum Gasteiger partial charge on any atom is -0.481 e. The van der Waals surface area contributed by atoms with E-state index in [4.69, 9.17) is 9.94 Å². The third kappa shape index (κ3) is 5.70. The number of aliphatic carboxylic acids is 1. The van der Waals surface area contributed by atoms with Crippen LogP contribution in [0.1, 0.15) is 40.0 Å². The Bertz CT molecular complexity index is 404. The largest absolute Gasteiger partial charge is 0.481 e. The molecule has 0 fully saturated rings. The number of carboxylic acid groups (broad SMARTS) is 1. The molecule has 0 spiro atoms. The second-order valence-electron chi connectivity index (χ2n) is 5.54. The van der Waals surface area contributed by atoms with Gasteiger partial charge in [-0.1, -0.05) is 17.7 Å². The van der Waals surface area contributed by atoms with Gasteiger partial charge in [0.1, 0.15) is 0 Å². The molecule has 1 aliphatic carbocycles. The Morgan fingerprint density at radius 3 is 2.42 bits per heavy atom. The van der Waals surface area contributed by atoms with Crippen LogP contribution in [0, 0.1) is 0 Å². The normalized spacial score (nSPS) is 15.5. The number of carboxylic acids is 1. The van der Waals surface area contributed by atoms with Crippen LogP contribution in [0.5, 0.6) is 0 Å². The minimum absolute atomic E-state index is 0.0158. The predicted octanol–water partition coefficient (Wildman–Crippen LogP) is 2.30. The van der Waals surface area contributed by atoms with E-state index in [2.05, 4.69) is 0 Å². The summed E-state index contributed by atoms with van der Waals surface area (Å²) in [6.07, 6.45) is 5.89. The number of amides is 1. The zero-order valence-electron chi connectivity index (χ0n) is 11.7. The summed E-state index contributed by atoms with van der Waals surface area (Å²) in [6.45, 7) is 5.89. The second-order valence-corrected chi connectivity index (χ2v) is 5.54. The van der Waals surface area contributed by atoms with Crippen molar-refractivity contribution in [3.05, 3.63) is 23.3 Å². The number of carbonyl (C=O) groups excluding carboxylic acids is 1. The molecule has 19 heavy (non-hydrogen) atoms. The molecular weight excluding hydrogens is 246 g/mol. The molecule has 1 amide bonds. The minimum atomic E-state index is -0.850. The van der Waals surface area contributed by atoms with E-state index < -0.39 is 11.6 Å². The van der Waals surface area contributed by atoms with Crippen molar-refractivity contribution >= 4 is 12.4 Å². The molecule has 0 aromatic heterocycles. The van der Waals surface area contributed by atoms with Gasteiger partial charge in [0, 0.05) is 0 Å². The van der Waals surface area contributed by atoms with E-state index in [1.807, 2.05) is 32.9 Å². The first kappa shape index (κ1) is 15.4. The molecule has 0 aliphatic heterocycles. The standard InChI is InChI=1S/C14H21NO4/c1-14(2,3)19-15(10-16)9-12-7-5-4-6-11(12)8-13(17)18/h4-5,10H,6-9H2,1-3H3,(H,17,18). The van der Waals surface area contributed by atoms with Crippen molar-refractivity contribution < 1.29 is 19.5 Å². The summed E-state index contributed by atoms with van der Waals surface area (Å²) < 4.78 is 0. The first-order valence-corrected chi connectivity index (χ1v) is 6.29. The SMILES string of the molecule is CC(C)(C)ON(C=O)CC1=C(CC(=O)O)CC=CC1. The highest BCUT2D eigenvalue weighted by molar-refractivity contribution is 5.70. The summed E-state index contributed by atoms with van der Waals surface area (Å²) in [5, 5.41) is 10.1. The van der Waals surface area contributed by atoms with Gasteiger partial charge in [0.05, 0.1) is 18.6 Å². The van der Waals surface area contributed by atoms with E-state index in [0.717, 1.165) is 11.1 Å². The van der Waals surface area contributed by atoms with E-state index in [0.29, 0.717) is 25.8 Å². The van der Waals surface area contributed by atoms with Crippen molar-refractivity contribution in [2.75, 3.05) is 6.54 Å². The quantitative estimate of drug-likeness (QED) is 0.455. The molecule has 0 atom stereocenters. The molecule has 0 radical (unpaired) electrons. The molecule has 5 heteroatoms. The van der Waals surface area contributed by atoms with Gasteiger partial charge in [0.2, 0.25) is 6.41 Å². The first-order valence-electron chi connectivity index (χ1n) is 6.29. The Labute approximate surface area is 113 Å². The molecule has 0 bridgehead atoms. The molecule has 1 N–H and O–H groups in total. The highest BCUT2D eigenvalue weighted by Gasteiger charge is 2.19. The third-order valence-corrected chi connectivity index (χ3v) is 2.62. The second kappa shape index (κ2) is 6.52. The Morgan fingerprint density at radius 2 is 1.95 bits per heavy atom. The fraction of sp³-hybridized carbons (Fsp3) is 0.571. The number of hydrogen-bond acceptors (Lipinski definition) is 3. The number of hydroxylamine groups is 2.